The van der Waals surface area contributed by atoms with Gasteiger partial charge in [-0.15, -0.1) is 0 Å². The first-order chi connectivity index (χ1) is 11.4. The Morgan fingerprint density at radius 2 is 1.71 bits per heavy atom. The molecule has 0 amide bonds. The van der Waals surface area contributed by atoms with Crippen molar-refractivity contribution in [1.82, 2.24) is 14.8 Å². The molecule has 0 radical (unpaired) electrons. The molecule has 0 aliphatic rings. The van der Waals surface area contributed by atoms with E-state index in [1.54, 1.807) is 53.1 Å². The van der Waals surface area contributed by atoms with Gasteiger partial charge in [-0.05, 0) is 55.5 Å². The number of H-pyrrole nitrogens is 1. The molecule has 2 N–H and O–H groups in total. The summed E-state index contributed by atoms with van der Waals surface area (Å²) in [7, 11) is -1.79. The number of hydrogen-bond donors (Lipinski definition) is 2. The van der Waals surface area contributed by atoms with Crippen LogP contribution < -0.4 is 4.72 Å². The molecular weight excluding hydrogens is 344 g/mol. The van der Waals surface area contributed by atoms with Crippen LogP contribution >= 0.6 is 12.2 Å². The third-order valence-corrected chi connectivity index (χ3v) is 5.37. The van der Waals surface area contributed by atoms with Crippen LogP contribution in [0.3, 0.4) is 0 Å². The van der Waals surface area contributed by atoms with Gasteiger partial charge in [0.05, 0.1) is 4.90 Å². The molecule has 0 unspecified atom stereocenters. The number of nitrogens with one attached hydrogen (secondary N) is 2. The largest absolute Gasteiger partial charge is 0.303 e. The van der Waals surface area contributed by atoms with Gasteiger partial charge in [0, 0.05) is 18.3 Å². The third kappa shape index (κ3) is 3.24. The predicted octanol–water partition coefficient (Wildman–Crippen LogP) is 3.25. The number of aryl methyl sites for hydroxylation is 1. The standard InChI is InChI=1S/C16H16N4O2S2/c1-11-3-9-14(10-4-11)24(21,22)19-13-7-5-12(6-8-13)15-17-18-16(23)20(15)2/h3-10,19H,1-2H3,(H,18,23). The third-order valence-electron chi connectivity index (χ3n) is 3.61. The molecule has 0 atom stereocenters. The second-order valence-electron chi connectivity index (χ2n) is 5.41. The molecule has 1 aromatic heterocycles. The van der Waals surface area contributed by atoms with Gasteiger partial charge in [0.1, 0.15) is 0 Å². The minimum absolute atomic E-state index is 0.228. The monoisotopic (exact) mass is 360 g/mol. The summed E-state index contributed by atoms with van der Waals surface area (Å²) in [6.45, 7) is 1.91. The smallest absolute Gasteiger partial charge is 0.261 e. The van der Waals surface area contributed by atoms with Crippen molar-refractivity contribution in [2.45, 2.75) is 11.8 Å². The molecule has 0 spiro atoms. The average Bonchev–Trinajstić information content (AvgIpc) is 2.88. The summed E-state index contributed by atoms with van der Waals surface area (Å²) in [5.41, 5.74) is 2.32. The van der Waals surface area contributed by atoms with E-state index in [-0.39, 0.29) is 4.90 Å². The van der Waals surface area contributed by atoms with E-state index in [0.29, 0.717) is 16.3 Å². The highest BCUT2D eigenvalue weighted by atomic mass is 32.2. The van der Waals surface area contributed by atoms with Crippen LogP contribution in [0.5, 0.6) is 0 Å². The molecule has 0 fully saturated rings. The van der Waals surface area contributed by atoms with Crippen molar-refractivity contribution < 1.29 is 8.42 Å². The van der Waals surface area contributed by atoms with E-state index >= 15 is 0 Å². The maximum absolute atomic E-state index is 12.4. The molecule has 124 valence electrons. The summed E-state index contributed by atoms with van der Waals surface area (Å²) in [6, 6.07) is 13.7. The summed E-state index contributed by atoms with van der Waals surface area (Å²) in [6.07, 6.45) is 0. The molecule has 6 nitrogen and oxygen atoms in total. The van der Waals surface area contributed by atoms with Gasteiger partial charge in [0.25, 0.3) is 10.0 Å². The Morgan fingerprint density at radius 3 is 2.25 bits per heavy atom. The van der Waals surface area contributed by atoms with Gasteiger partial charge in [0.2, 0.25) is 0 Å². The Kier molecular flexibility index (Phi) is 4.25. The average molecular weight is 360 g/mol. The molecule has 0 saturated carbocycles. The summed E-state index contributed by atoms with van der Waals surface area (Å²) >= 11 is 5.09. The molecular formula is C16H16N4O2S2. The van der Waals surface area contributed by atoms with E-state index in [9.17, 15) is 8.42 Å². The first kappa shape index (κ1) is 16.4. The number of benzene rings is 2. The van der Waals surface area contributed by atoms with E-state index < -0.39 is 10.0 Å². The molecule has 0 aliphatic carbocycles. The SMILES string of the molecule is Cc1ccc(S(=O)(=O)Nc2ccc(-c3n[nH]c(=S)n3C)cc2)cc1. The van der Waals surface area contributed by atoms with E-state index in [1.807, 2.05) is 14.0 Å². The van der Waals surface area contributed by atoms with Gasteiger partial charge in [0.15, 0.2) is 10.6 Å². The van der Waals surface area contributed by atoms with Crippen molar-refractivity contribution in [3.63, 3.8) is 0 Å². The van der Waals surface area contributed by atoms with Crippen LogP contribution in [0.4, 0.5) is 5.69 Å². The number of aromatic amines is 1. The number of hydrogen-bond acceptors (Lipinski definition) is 4. The van der Waals surface area contributed by atoms with Gasteiger partial charge in [-0.2, -0.15) is 5.10 Å². The zero-order chi connectivity index (χ0) is 17.3. The number of anilines is 1. The highest BCUT2D eigenvalue weighted by Crippen LogP contribution is 2.21. The zero-order valence-electron chi connectivity index (χ0n) is 13.1. The first-order valence-corrected chi connectivity index (χ1v) is 9.07. The maximum atomic E-state index is 12.4. The fourth-order valence-electron chi connectivity index (χ4n) is 2.22. The lowest BCUT2D eigenvalue weighted by Gasteiger charge is -2.09. The Balaban J connectivity index is 1.85. The Labute approximate surface area is 145 Å². The highest BCUT2D eigenvalue weighted by molar-refractivity contribution is 7.92. The molecule has 3 aromatic rings. The zero-order valence-corrected chi connectivity index (χ0v) is 14.8. The lowest BCUT2D eigenvalue weighted by Crippen LogP contribution is -2.12. The molecule has 3 rings (SSSR count). The van der Waals surface area contributed by atoms with Crippen LogP contribution in [-0.2, 0) is 17.1 Å². The van der Waals surface area contributed by atoms with Crippen LogP contribution in [0.25, 0.3) is 11.4 Å². The first-order valence-electron chi connectivity index (χ1n) is 7.18. The van der Waals surface area contributed by atoms with Crippen molar-refractivity contribution >= 4 is 27.9 Å². The van der Waals surface area contributed by atoms with Gasteiger partial charge in [-0.3, -0.25) is 9.82 Å². The second-order valence-corrected chi connectivity index (χ2v) is 7.48. The molecule has 0 saturated heterocycles. The maximum Gasteiger partial charge on any atom is 0.261 e. The van der Waals surface area contributed by atoms with Gasteiger partial charge in [-0.1, -0.05) is 17.7 Å². The second kappa shape index (κ2) is 6.21. The quantitative estimate of drug-likeness (QED) is 0.700. The minimum Gasteiger partial charge on any atom is -0.303 e. The number of nitrogens with zero attached hydrogens (tertiary/aromatic N) is 2. The molecule has 2 aromatic carbocycles. The fraction of sp³-hybridized carbons (Fsp3) is 0.125. The molecule has 8 heteroatoms. The summed E-state index contributed by atoms with van der Waals surface area (Å²) in [4.78, 5) is 0.228. The van der Waals surface area contributed by atoms with Crippen LogP contribution in [0.15, 0.2) is 53.4 Å². The van der Waals surface area contributed by atoms with Crippen molar-refractivity contribution in [2.75, 3.05) is 4.72 Å². The van der Waals surface area contributed by atoms with E-state index in [2.05, 4.69) is 14.9 Å². The molecule has 24 heavy (non-hydrogen) atoms. The lowest BCUT2D eigenvalue weighted by atomic mass is 10.2. The Morgan fingerprint density at radius 1 is 1.08 bits per heavy atom. The van der Waals surface area contributed by atoms with Crippen LogP contribution in [-0.4, -0.2) is 23.2 Å². The highest BCUT2D eigenvalue weighted by Gasteiger charge is 2.14. The topological polar surface area (TPSA) is 79.8 Å². The van der Waals surface area contributed by atoms with Crippen molar-refractivity contribution in [1.29, 1.82) is 0 Å². The van der Waals surface area contributed by atoms with E-state index in [1.165, 1.54) is 0 Å². The normalized spacial score (nSPS) is 11.4. The molecule has 0 bridgehead atoms. The minimum atomic E-state index is -3.61. The van der Waals surface area contributed by atoms with Gasteiger partial charge in [-0.25, -0.2) is 8.42 Å². The Hall–Kier alpha value is -2.45. The van der Waals surface area contributed by atoms with Gasteiger partial charge >= 0.3 is 0 Å². The lowest BCUT2D eigenvalue weighted by molar-refractivity contribution is 0.601. The van der Waals surface area contributed by atoms with Crippen LogP contribution in [0.2, 0.25) is 0 Å². The number of aromatic nitrogens is 3. The van der Waals surface area contributed by atoms with E-state index in [0.717, 1.165) is 11.1 Å². The summed E-state index contributed by atoms with van der Waals surface area (Å²) in [5.74, 6) is 0.688. The van der Waals surface area contributed by atoms with E-state index in [4.69, 9.17) is 12.2 Å². The van der Waals surface area contributed by atoms with Crippen molar-refractivity contribution in [2.24, 2.45) is 7.05 Å². The van der Waals surface area contributed by atoms with Gasteiger partial charge < -0.3 is 4.57 Å². The number of rotatable bonds is 4. The summed E-state index contributed by atoms with van der Waals surface area (Å²) < 4.78 is 29.6. The fourth-order valence-corrected chi connectivity index (χ4v) is 3.41. The number of sulfonamides is 1. The van der Waals surface area contributed by atoms with Crippen molar-refractivity contribution in [3.8, 4) is 11.4 Å². The summed E-state index contributed by atoms with van der Waals surface area (Å²) in [5, 5.41) is 6.87. The molecule has 1 heterocycles. The van der Waals surface area contributed by atoms with Crippen LogP contribution in [0.1, 0.15) is 5.56 Å². The molecule has 0 aliphatic heterocycles. The van der Waals surface area contributed by atoms with Crippen molar-refractivity contribution in [3.05, 3.63) is 58.9 Å². The predicted molar refractivity (Wildman–Crippen MR) is 95.8 cm³/mol. The van der Waals surface area contributed by atoms with Crippen LogP contribution in [0, 0.1) is 11.7 Å². The Bertz CT molecular complexity index is 1020.